The smallest absolute Gasteiger partial charge is 0.148 e. The number of hydrogen-bond acceptors (Lipinski definition) is 3. The van der Waals surface area contributed by atoms with E-state index in [1.165, 1.54) is 0 Å². The minimum atomic E-state index is 0.178. The zero-order chi connectivity index (χ0) is 8.85. The van der Waals surface area contributed by atoms with Gasteiger partial charge in [-0.15, -0.1) is 11.8 Å². The van der Waals surface area contributed by atoms with Gasteiger partial charge in [0.1, 0.15) is 5.50 Å². The van der Waals surface area contributed by atoms with Crippen molar-refractivity contribution in [2.75, 3.05) is 27.4 Å². The molecule has 0 aliphatic rings. The lowest BCUT2D eigenvalue weighted by Gasteiger charge is -2.15. The number of hydrogen-bond donors (Lipinski definition) is 1. The molecule has 0 heterocycles. The molecule has 0 aromatic rings. The molecule has 0 radical (unpaired) electrons. The molecule has 4 heteroatoms. The summed E-state index contributed by atoms with van der Waals surface area (Å²) in [4.78, 5) is 6.41. The van der Waals surface area contributed by atoms with Crippen LogP contribution in [0, 0.1) is 0 Å². The van der Waals surface area contributed by atoms with Gasteiger partial charge in [-0.1, -0.05) is 0 Å². The molecule has 0 bridgehead atoms. The molecule has 0 aliphatic heterocycles. The first kappa shape index (κ1) is 10.8. The summed E-state index contributed by atoms with van der Waals surface area (Å²) in [5.74, 6) is 1.04. The highest BCUT2D eigenvalue weighted by Crippen LogP contribution is 2.03. The van der Waals surface area contributed by atoms with Gasteiger partial charge in [0.05, 0.1) is 5.84 Å². The number of rotatable bonds is 3. The SMILES string of the molecule is CNC(N=C(C)N(C)C)SC. The lowest BCUT2D eigenvalue weighted by molar-refractivity contribution is 0.606. The first-order chi connectivity index (χ1) is 5.11. The average molecular weight is 175 g/mol. The van der Waals surface area contributed by atoms with E-state index in [2.05, 4.69) is 10.3 Å². The highest BCUT2D eigenvalue weighted by Gasteiger charge is 2.00. The van der Waals surface area contributed by atoms with E-state index in [9.17, 15) is 0 Å². The fraction of sp³-hybridized carbons (Fsp3) is 0.857. The Morgan fingerprint density at radius 1 is 1.55 bits per heavy atom. The van der Waals surface area contributed by atoms with E-state index in [1.54, 1.807) is 11.8 Å². The Labute approximate surface area is 73.3 Å². The van der Waals surface area contributed by atoms with Crippen LogP contribution in [0.1, 0.15) is 6.92 Å². The van der Waals surface area contributed by atoms with Gasteiger partial charge in [0.25, 0.3) is 0 Å². The van der Waals surface area contributed by atoms with Gasteiger partial charge in [0.15, 0.2) is 0 Å². The van der Waals surface area contributed by atoms with Gasteiger partial charge < -0.3 is 4.90 Å². The van der Waals surface area contributed by atoms with E-state index in [4.69, 9.17) is 0 Å². The van der Waals surface area contributed by atoms with Gasteiger partial charge in [0, 0.05) is 14.1 Å². The van der Waals surface area contributed by atoms with Crippen molar-refractivity contribution in [1.82, 2.24) is 10.2 Å². The summed E-state index contributed by atoms with van der Waals surface area (Å²) in [7, 11) is 5.89. The molecule has 0 saturated heterocycles. The first-order valence-corrected chi connectivity index (χ1v) is 4.82. The highest BCUT2D eigenvalue weighted by molar-refractivity contribution is 7.99. The standard InChI is InChI=1S/C7H17N3S/c1-6(10(3)4)9-7(8-2)11-5/h7-8H,1-5H3. The Balaban J connectivity index is 4.03. The summed E-state index contributed by atoms with van der Waals surface area (Å²) in [6, 6.07) is 0. The molecule has 1 N–H and O–H groups in total. The zero-order valence-corrected chi connectivity index (χ0v) is 8.70. The maximum absolute atomic E-state index is 4.41. The van der Waals surface area contributed by atoms with Crippen LogP contribution in [0.3, 0.4) is 0 Å². The minimum Gasteiger partial charge on any atom is -0.367 e. The number of nitrogens with one attached hydrogen (secondary N) is 1. The summed E-state index contributed by atoms with van der Waals surface area (Å²) in [6.07, 6.45) is 2.04. The molecule has 0 saturated carbocycles. The van der Waals surface area contributed by atoms with E-state index in [0.29, 0.717) is 0 Å². The van der Waals surface area contributed by atoms with E-state index in [1.807, 2.05) is 39.2 Å². The van der Waals surface area contributed by atoms with Crippen molar-refractivity contribution < 1.29 is 0 Å². The Morgan fingerprint density at radius 3 is 2.36 bits per heavy atom. The Bertz CT molecular complexity index is 130. The van der Waals surface area contributed by atoms with Crippen LogP contribution in [0.15, 0.2) is 4.99 Å². The topological polar surface area (TPSA) is 27.6 Å². The summed E-state index contributed by atoms with van der Waals surface area (Å²) >= 11 is 1.69. The van der Waals surface area contributed by atoms with Gasteiger partial charge in [-0.25, -0.2) is 4.99 Å². The molecule has 0 rings (SSSR count). The Kier molecular flexibility index (Phi) is 5.32. The van der Waals surface area contributed by atoms with Gasteiger partial charge in [-0.3, -0.25) is 5.32 Å². The molecule has 3 nitrogen and oxygen atoms in total. The fourth-order valence-corrected chi connectivity index (χ4v) is 1.01. The summed E-state index contributed by atoms with van der Waals surface area (Å²) in [5.41, 5.74) is 0.178. The van der Waals surface area contributed by atoms with E-state index < -0.39 is 0 Å². The van der Waals surface area contributed by atoms with E-state index >= 15 is 0 Å². The fourth-order valence-electron chi connectivity index (χ4n) is 0.520. The predicted molar refractivity (Wildman–Crippen MR) is 53.2 cm³/mol. The van der Waals surface area contributed by atoms with Crippen molar-refractivity contribution in [3.05, 3.63) is 0 Å². The van der Waals surface area contributed by atoms with Crippen LogP contribution < -0.4 is 5.32 Å². The zero-order valence-electron chi connectivity index (χ0n) is 7.88. The summed E-state index contributed by atoms with van der Waals surface area (Å²) in [5, 5.41) is 3.09. The third-order valence-electron chi connectivity index (χ3n) is 1.42. The molecular formula is C7H17N3S. The minimum absolute atomic E-state index is 0.178. The third-order valence-corrected chi connectivity index (χ3v) is 2.21. The molecule has 0 spiro atoms. The lowest BCUT2D eigenvalue weighted by atomic mass is 10.6. The summed E-state index contributed by atoms with van der Waals surface area (Å²) < 4.78 is 0. The molecule has 0 fully saturated rings. The monoisotopic (exact) mass is 175 g/mol. The van der Waals surface area contributed by atoms with Crippen molar-refractivity contribution in [2.24, 2.45) is 4.99 Å². The van der Waals surface area contributed by atoms with Crippen molar-refractivity contribution in [3.8, 4) is 0 Å². The van der Waals surface area contributed by atoms with Gasteiger partial charge >= 0.3 is 0 Å². The van der Waals surface area contributed by atoms with E-state index in [-0.39, 0.29) is 5.50 Å². The largest absolute Gasteiger partial charge is 0.367 e. The van der Waals surface area contributed by atoms with Crippen molar-refractivity contribution >= 4 is 17.6 Å². The van der Waals surface area contributed by atoms with Crippen LogP contribution in [0.4, 0.5) is 0 Å². The molecule has 0 amide bonds. The van der Waals surface area contributed by atoms with Gasteiger partial charge in [-0.05, 0) is 20.2 Å². The molecule has 0 aromatic carbocycles. The average Bonchev–Trinajstić information content (AvgIpc) is 1.99. The lowest BCUT2D eigenvalue weighted by Crippen LogP contribution is -2.25. The van der Waals surface area contributed by atoms with Crippen LogP contribution in [-0.4, -0.2) is 43.6 Å². The van der Waals surface area contributed by atoms with Crippen LogP contribution in [-0.2, 0) is 0 Å². The van der Waals surface area contributed by atoms with Crippen LogP contribution >= 0.6 is 11.8 Å². The number of nitrogens with zero attached hydrogens (tertiary/aromatic N) is 2. The molecule has 1 unspecified atom stereocenters. The highest BCUT2D eigenvalue weighted by atomic mass is 32.2. The van der Waals surface area contributed by atoms with Gasteiger partial charge in [-0.2, -0.15) is 0 Å². The predicted octanol–water partition coefficient (Wildman–Crippen LogP) is 0.832. The molecule has 11 heavy (non-hydrogen) atoms. The van der Waals surface area contributed by atoms with Gasteiger partial charge in [0.2, 0.25) is 0 Å². The number of aliphatic imine (C=N–C) groups is 1. The second kappa shape index (κ2) is 5.43. The maximum Gasteiger partial charge on any atom is 0.148 e. The molecular weight excluding hydrogens is 158 g/mol. The van der Waals surface area contributed by atoms with Crippen LogP contribution in [0.25, 0.3) is 0 Å². The first-order valence-electron chi connectivity index (χ1n) is 3.53. The second-order valence-corrected chi connectivity index (χ2v) is 3.37. The molecule has 0 aromatic heterocycles. The number of amidine groups is 1. The quantitative estimate of drug-likeness (QED) is 0.391. The second-order valence-electron chi connectivity index (χ2n) is 2.45. The molecule has 0 aliphatic carbocycles. The Hall–Kier alpha value is -0.220. The molecule has 66 valence electrons. The van der Waals surface area contributed by atoms with Crippen LogP contribution in [0.2, 0.25) is 0 Å². The normalized spacial score (nSPS) is 14.8. The number of thioether (sulfide) groups is 1. The van der Waals surface area contributed by atoms with Crippen molar-refractivity contribution in [1.29, 1.82) is 0 Å². The summed E-state index contributed by atoms with van der Waals surface area (Å²) in [6.45, 7) is 2.00. The van der Waals surface area contributed by atoms with Crippen molar-refractivity contribution in [2.45, 2.75) is 12.4 Å². The maximum atomic E-state index is 4.41. The van der Waals surface area contributed by atoms with Crippen molar-refractivity contribution in [3.63, 3.8) is 0 Å². The molecule has 1 atom stereocenters. The third kappa shape index (κ3) is 4.27. The van der Waals surface area contributed by atoms with Crippen LogP contribution in [0.5, 0.6) is 0 Å². The Morgan fingerprint density at radius 2 is 2.09 bits per heavy atom. The van der Waals surface area contributed by atoms with E-state index in [0.717, 1.165) is 5.84 Å².